The molecule has 0 aliphatic heterocycles. The minimum absolute atomic E-state index is 0.0183. The molecular weight excluding hydrogens is 257 g/mol. The predicted octanol–water partition coefficient (Wildman–Crippen LogP) is 2.32. The highest BCUT2D eigenvalue weighted by Crippen LogP contribution is 2.29. The van der Waals surface area contributed by atoms with Crippen molar-refractivity contribution in [2.45, 2.75) is 37.5 Å². The van der Waals surface area contributed by atoms with Crippen LogP contribution >= 0.6 is 0 Å². The van der Waals surface area contributed by atoms with E-state index in [1.54, 1.807) is 0 Å². The van der Waals surface area contributed by atoms with Gasteiger partial charge in [0.15, 0.2) is 0 Å². The molecule has 1 fully saturated rings. The van der Waals surface area contributed by atoms with Gasteiger partial charge in [-0.1, -0.05) is 0 Å². The molecule has 1 aliphatic carbocycles. The highest BCUT2D eigenvalue weighted by Gasteiger charge is 2.30. The summed E-state index contributed by atoms with van der Waals surface area (Å²) in [5.41, 5.74) is 5.20. The summed E-state index contributed by atoms with van der Waals surface area (Å²) < 4.78 is 37.1. The van der Waals surface area contributed by atoms with Gasteiger partial charge >= 0.3 is 6.18 Å². The van der Waals surface area contributed by atoms with Crippen molar-refractivity contribution < 1.29 is 18.0 Å². The molecule has 0 spiro atoms. The number of carbonyl (C=O) groups excluding carboxylic acids is 1. The zero-order valence-electron chi connectivity index (χ0n) is 10.2. The smallest absolute Gasteiger partial charge is 0.349 e. The summed E-state index contributed by atoms with van der Waals surface area (Å²) in [5.74, 6) is -0.354. The van der Waals surface area contributed by atoms with Crippen molar-refractivity contribution in [1.29, 1.82) is 0 Å². The topological polar surface area (TPSA) is 55.1 Å². The number of nitrogens with one attached hydrogen (secondary N) is 1. The molecule has 0 bridgehead atoms. The lowest BCUT2D eigenvalue weighted by Crippen LogP contribution is -2.34. The normalized spacial score (nSPS) is 23.4. The fourth-order valence-electron chi connectivity index (χ4n) is 2.23. The summed E-state index contributed by atoms with van der Waals surface area (Å²) in [6.45, 7) is 0. The standard InChI is InChI=1S/C13H15F3N2O/c14-13(15,16)9-3-1-8(2-4-9)12(19)18-11-6-5-10(17)7-11/h1-4,10-11H,5-7,17H2,(H,18,19)/t10-,11-/m1/s1. The quantitative estimate of drug-likeness (QED) is 0.868. The minimum atomic E-state index is -4.38. The Morgan fingerprint density at radius 1 is 1.21 bits per heavy atom. The molecule has 19 heavy (non-hydrogen) atoms. The van der Waals surface area contributed by atoms with Gasteiger partial charge in [0.1, 0.15) is 0 Å². The molecule has 2 atom stereocenters. The van der Waals surface area contributed by atoms with E-state index in [0.29, 0.717) is 6.42 Å². The van der Waals surface area contributed by atoms with E-state index in [2.05, 4.69) is 5.32 Å². The lowest BCUT2D eigenvalue weighted by atomic mass is 10.1. The molecule has 1 aromatic rings. The summed E-state index contributed by atoms with van der Waals surface area (Å²) >= 11 is 0. The molecule has 3 nitrogen and oxygen atoms in total. The van der Waals surface area contributed by atoms with E-state index >= 15 is 0 Å². The maximum Gasteiger partial charge on any atom is 0.416 e. The fraction of sp³-hybridized carbons (Fsp3) is 0.462. The molecule has 1 aliphatic rings. The summed E-state index contributed by atoms with van der Waals surface area (Å²) in [5, 5.41) is 2.78. The summed E-state index contributed by atoms with van der Waals surface area (Å²) in [4.78, 5) is 11.8. The van der Waals surface area contributed by atoms with E-state index in [0.717, 1.165) is 25.0 Å². The van der Waals surface area contributed by atoms with Crippen molar-refractivity contribution >= 4 is 5.91 Å². The van der Waals surface area contributed by atoms with E-state index in [9.17, 15) is 18.0 Å². The molecule has 104 valence electrons. The van der Waals surface area contributed by atoms with E-state index < -0.39 is 11.7 Å². The zero-order chi connectivity index (χ0) is 14.0. The maximum absolute atomic E-state index is 12.4. The van der Waals surface area contributed by atoms with E-state index in [-0.39, 0.29) is 23.6 Å². The van der Waals surface area contributed by atoms with Crippen molar-refractivity contribution in [3.63, 3.8) is 0 Å². The Labute approximate surface area is 109 Å². The number of alkyl halides is 3. The van der Waals surface area contributed by atoms with Crippen LogP contribution in [0.3, 0.4) is 0 Å². The summed E-state index contributed by atoms with van der Waals surface area (Å²) in [6, 6.07) is 4.31. The van der Waals surface area contributed by atoms with Crippen LogP contribution in [-0.2, 0) is 6.18 Å². The Balaban J connectivity index is 2.00. The molecule has 0 unspecified atom stereocenters. The largest absolute Gasteiger partial charge is 0.416 e. The van der Waals surface area contributed by atoms with Crippen LogP contribution in [-0.4, -0.2) is 18.0 Å². The van der Waals surface area contributed by atoms with Gasteiger partial charge in [-0.2, -0.15) is 13.2 Å². The summed E-state index contributed by atoms with van der Waals surface area (Å²) in [7, 11) is 0. The number of rotatable bonds is 2. The number of halogens is 3. The molecule has 3 N–H and O–H groups in total. The average Bonchev–Trinajstić information content (AvgIpc) is 2.74. The minimum Gasteiger partial charge on any atom is -0.349 e. The van der Waals surface area contributed by atoms with Crippen molar-refractivity contribution in [3.05, 3.63) is 35.4 Å². The third-order valence-corrected chi connectivity index (χ3v) is 3.28. The van der Waals surface area contributed by atoms with Crippen LogP contribution in [0.15, 0.2) is 24.3 Å². The number of nitrogens with two attached hydrogens (primary N) is 1. The average molecular weight is 272 g/mol. The number of carbonyl (C=O) groups is 1. The van der Waals surface area contributed by atoms with Gasteiger partial charge in [0, 0.05) is 17.6 Å². The van der Waals surface area contributed by atoms with Gasteiger partial charge in [0.25, 0.3) is 5.91 Å². The third-order valence-electron chi connectivity index (χ3n) is 3.28. The van der Waals surface area contributed by atoms with Crippen LogP contribution in [0.2, 0.25) is 0 Å². The van der Waals surface area contributed by atoms with E-state index in [1.165, 1.54) is 12.1 Å². The lowest BCUT2D eigenvalue weighted by molar-refractivity contribution is -0.137. The Morgan fingerprint density at radius 2 is 1.84 bits per heavy atom. The Bertz CT molecular complexity index is 456. The second-order valence-electron chi connectivity index (χ2n) is 4.82. The second kappa shape index (κ2) is 5.21. The highest BCUT2D eigenvalue weighted by molar-refractivity contribution is 5.94. The maximum atomic E-state index is 12.4. The van der Waals surface area contributed by atoms with Gasteiger partial charge in [0.05, 0.1) is 5.56 Å². The third kappa shape index (κ3) is 3.47. The number of hydrogen-bond donors (Lipinski definition) is 2. The molecule has 1 saturated carbocycles. The van der Waals surface area contributed by atoms with E-state index in [1.807, 2.05) is 0 Å². The first kappa shape index (κ1) is 13.9. The van der Waals surface area contributed by atoms with Gasteiger partial charge < -0.3 is 11.1 Å². The Hall–Kier alpha value is -1.56. The van der Waals surface area contributed by atoms with Crippen LogP contribution in [0.4, 0.5) is 13.2 Å². The molecule has 1 aromatic carbocycles. The van der Waals surface area contributed by atoms with Gasteiger partial charge in [-0.05, 0) is 43.5 Å². The van der Waals surface area contributed by atoms with Crippen LogP contribution in [0.1, 0.15) is 35.2 Å². The Kier molecular flexibility index (Phi) is 3.80. The molecule has 0 aromatic heterocycles. The van der Waals surface area contributed by atoms with Crippen LogP contribution in [0.5, 0.6) is 0 Å². The van der Waals surface area contributed by atoms with Gasteiger partial charge in [0.2, 0.25) is 0 Å². The van der Waals surface area contributed by atoms with Gasteiger partial charge in [-0.15, -0.1) is 0 Å². The molecule has 0 saturated heterocycles. The fourth-order valence-corrected chi connectivity index (χ4v) is 2.23. The number of amides is 1. The zero-order valence-corrected chi connectivity index (χ0v) is 10.2. The first-order valence-corrected chi connectivity index (χ1v) is 6.10. The van der Waals surface area contributed by atoms with Crippen molar-refractivity contribution in [2.24, 2.45) is 5.73 Å². The van der Waals surface area contributed by atoms with Crippen LogP contribution in [0, 0.1) is 0 Å². The molecule has 1 amide bonds. The van der Waals surface area contributed by atoms with Crippen molar-refractivity contribution in [2.75, 3.05) is 0 Å². The predicted molar refractivity (Wildman–Crippen MR) is 64.5 cm³/mol. The van der Waals surface area contributed by atoms with Gasteiger partial charge in [-0.3, -0.25) is 4.79 Å². The van der Waals surface area contributed by atoms with Crippen LogP contribution < -0.4 is 11.1 Å². The lowest BCUT2D eigenvalue weighted by Gasteiger charge is -2.13. The van der Waals surface area contributed by atoms with Crippen molar-refractivity contribution in [3.8, 4) is 0 Å². The molecular formula is C13H15F3N2O. The highest BCUT2D eigenvalue weighted by atomic mass is 19.4. The Morgan fingerprint density at radius 3 is 2.32 bits per heavy atom. The van der Waals surface area contributed by atoms with Crippen LogP contribution in [0.25, 0.3) is 0 Å². The second-order valence-corrected chi connectivity index (χ2v) is 4.82. The SMILES string of the molecule is N[C@@H]1CC[C@@H](NC(=O)c2ccc(C(F)(F)F)cc2)C1. The monoisotopic (exact) mass is 272 g/mol. The number of hydrogen-bond acceptors (Lipinski definition) is 2. The first-order chi connectivity index (χ1) is 8.86. The number of benzene rings is 1. The van der Waals surface area contributed by atoms with Gasteiger partial charge in [-0.25, -0.2) is 0 Å². The molecule has 0 radical (unpaired) electrons. The first-order valence-electron chi connectivity index (χ1n) is 6.10. The molecule has 6 heteroatoms. The van der Waals surface area contributed by atoms with E-state index in [4.69, 9.17) is 5.73 Å². The summed E-state index contributed by atoms with van der Waals surface area (Å²) in [6.07, 6.45) is -1.99. The van der Waals surface area contributed by atoms with Crippen molar-refractivity contribution in [1.82, 2.24) is 5.32 Å². The molecule has 2 rings (SSSR count). The molecule has 0 heterocycles.